The van der Waals surface area contributed by atoms with Crippen LogP contribution in [0.1, 0.15) is 32.1 Å². The maximum absolute atomic E-state index is 10.8. The summed E-state index contributed by atoms with van der Waals surface area (Å²) in [6.07, 6.45) is 5.76. The van der Waals surface area contributed by atoms with Gasteiger partial charge in [-0.05, 0) is 18.8 Å². The van der Waals surface area contributed by atoms with E-state index >= 15 is 0 Å². The second kappa shape index (κ2) is 7.12. The Morgan fingerprint density at radius 2 is 2.20 bits per heavy atom. The summed E-state index contributed by atoms with van der Waals surface area (Å²) in [6, 6.07) is 0.315. The molecule has 3 nitrogen and oxygen atoms in total. The quantitative estimate of drug-likeness (QED) is 0.559. The lowest BCUT2D eigenvalue weighted by molar-refractivity contribution is -0.140. The average molecular weight is 231 g/mol. The fourth-order valence-electron chi connectivity index (χ4n) is 2.00. The molecule has 0 radical (unpaired) electrons. The first-order chi connectivity index (χ1) is 7.24. The Morgan fingerprint density at radius 1 is 1.53 bits per heavy atom. The normalized spacial score (nSPS) is 19.1. The third kappa shape index (κ3) is 4.89. The summed E-state index contributed by atoms with van der Waals surface area (Å²) in [4.78, 5) is 10.8. The Balaban J connectivity index is 2.01. The molecule has 1 atom stereocenters. The van der Waals surface area contributed by atoms with E-state index < -0.39 is 0 Å². The van der Waals surface area contributed by atoms with Crippen molar-refractivity contribution in [3.63, 3.8) is 0 Å². The van der Waals surface area contributed by atoms with Crippen molar-refractivity contribution in [2.24, 2.45) is 11.7 Å². The molecule has 1 aliphatic carbocycles. The number of ether oxygens (including phenoxy) is 1. The number of esters is 1. The molecule has 0 aliphatic heterocycles. The van der Waals surface area contributed by atoms with Gasteiger partial charge in [0.2, 0.25) is 0 Å². The number of hydrogen-bond donors (Lipinski definition) is 1. The van der Waals surface area contributed by atoms with E-state index in [9.17, 15) is 4.79 Å². The predicted octanol–water partition coefficient (Wildman–Crippen LogP) is 1.80. The lowest BCUT2D eigenvalue weighted by atomic mass is 10.0. The second-order valence-corrected chi connectivity index (χ2v) is 5.26. The molecule has 0 saturated heterocycles. The van der Waals surface area contributed by atoms with Gasteiger partial charge in [0.1, 0.15) is 0 Å². The lowest BCUT2D eigenvalue weighted by Gasteiger charge is -2.17. The molecule has 15 heavy (non-hydrogen) atoms. The van der Waals surface area contributed by atoms with Crippen molar-refractivity contribution in [1.29, 1.82) is 0 Å². The van der Waals surface area contributed by atoms with E-state index in [0.29, 0.717) is 12.5 Å². The maximum Gasteiger partial charge on any atom is 0.306 e. The first-order valence-corrected chi connectivity index (χ1v) is 6.79. The van der Waals surface area contributed by atoms with E-state index in [-0.39, 0.29) is 5.97 Å². The molecule has 0 amide bonds. The van der Waals surface area contributed by atoms with Gasteiger partial charge in [0, 0.05) is 17.5 Å². The number of carbonyl (C=O) groups excluding carboxylic acids is 1. The SMILES string of the molecule is COC(=O)CCSCC(N)C1CCCC1. The highest BCUT2D eigenvalue weighted by molar-refractivity contribution is 7.99. The third-order valence-corrected chi connectivity index (χ3v) is 4.11. The van der Waals surface area contributed by atoms with Gasteiger partial charge in [-0.25, -0.2) is 0 Å². The summed E-state index contributed by atoms with van der Waals surface area (Å²) < 4.78 is 4.57. The van der Waals surface area contributed by atoms with E-state index in [1.165, 1.54) is 32.8 Å². The fourth-order valence-corrected chi connectivity index (χ4v) is 3.02. The van der Waals surface area contributed by atoms with Gasteiger partial charge in [0.15, 0.2) is 0 Å². The molecule has 2 N–H and O–H groups in total. The van der Waals surface area contributed by atoms with Crippen LogP contribution < -0.4 is 5.73 Å². The van der Waals surface area contributed by atoms with Crippen molar-refractivity contribution in [1.82, 2.24) is 0 Å². The molecular weight excluding hydrogens is 210 g/mol. The lowest BCUT2D eigenvalue weighted by Crippen LogP contribution is -2.31. The highest BCUT2D eigenvalue weighted by atomic mass is 32.2. The number of carbonyl (C=O) groups is 1. The van der Waals surface area contributed by atoms with Crippen molar-refractivity contribution in [2.45, 2.75) is 38.1 Å². The minimum absolute atomic E-state index is 0.128. The smallest absolute Gasteiger partial charge is 0.306 e. The van der Waals surface area contributed by atoms with E-state index in [1.54, 1.807) is 11.8 Å². The molecule has 1 rings (SSSR count). The Labute approximate surface area is 96.1 Å². The van der Waals surface area contributed by atoms with Crippen LogP contribution in [0.4, 0.5) is 0 Å². The molecule has 0 bridgehead atoms. The molecule has 0 spiro atoms. The van der Waals surface area contributed by atoms with Crippen LogP contribution in [-0.2, 0) is 9.53 Å². The zero-order valence-electron chi connectivity index (χ0n) is 9.41. The summed E-state index contributed by atoms with van der Waals surface area (Å²) in [7, 11) is 1.43. The van der Waals surface area contributed by atoms with Crippen molar-refractivity contribution >= 4 is 17.7 Å². The number of thioether (sulfide) groups is 1. The van der Waals surface area contributed by atoms with Gasteiger partial charge in [-0.15, -0.1) is 0 Å². The van der Waals surface area contributed by atoms with E-state index in [2.05, 4.69) is 4.74 Å². The highest BCUT2D eigenvalue weighted by Crippen LogP contribution is 2.28. The Bertz CT molecular complexity index is 193. The van der Waals surface area contributed by atoms with Crippen LogP contribution in [0, 0.1) is 5.92 Å². The topological polar surface area (TPSA) is 52.3 Å². The number of hydrogen-bond acceptors (Lipinski definition) is 4. The number of nitrogens with two attached hydrogens (primary N) is 1. The number of methoxy groups -OCH3 is 1. The maximum atomic E-state index is 10.8. The second-order valence-electron chi connectivity index (χ2n) is 4.11. The first kappa shape index (κ1) is 12.8. The zero-order chi connectivity index (χ0) is 11.1. The van der Waals surface area contributed by atoms with Crippen molar-refractivity contribution in [3.05, 3.63) is 0 Å². The van der Waals surface area contributed by atoms with Crippen LogP contribution in [0.2, 0.25) is 0 Å². The van der Waals surface area contributed by atoms with Gasteiger partial charge in [-0.2, -0.15) is 11.8 Å². The molecule has 4 heteroatoms. The third-order valence-electron chi connectivity index (χ3n) is 2.99. The van der Waals surface area contributed by atoms with Gasteiger partial charge in [-0.3, -0.25) is 4.79 Å². The Kier molecular flexibility index (Phi) is 6.10. The van der Waals surface area contributed by atoms with E-state index in [4.69, 9.17) is 5.73 Å². The summed E-state index contributed by atoms with van der Waals surface area (Å²) in [6.45, 7) is 0. The summed E-state index contributed by atoms with van der Waals surface area (Å²) in [5, 5.41) is 0. The monoisotopic (exact) mass is 231 g/mol. The van der Waals surface area contributed by atoms with E-state index in [1.807, 2.05) is 0 Å². The van der Waals surface area contributed by atoms with Gasteiger partial charge in [0.25, 0.3) is 0 Å². The van der Waals surface area contributed by atoms with Gasteiger partial charge < -0.3 is 10.5 Å². The molecule has 1 unspecified atom stereocenters. The largest absolute Gasteiger partial charge is 0.469 e. The van der Waals surface area contributed by atoms with Crippen LogP contribution in [-0.4, -0.2) is 30.6 Å². The molecular formula is C11H21NO2S. The van der Waals surface area contributed by atoms with E-state index in [0.717, 1.165) is 17.4 Å². The molecule has 1 saturated carbocycles. The van der Waals surface area contributed by atoms with Gasteiger partial charge >= 0.3 is 5.97 Å². The summed E-state index contributed by atoms with van der Waals surface area (Å²) in [5.74, 6) is 2.39. The van der Waals surface area contributed by atoms with Crippen LogP contribution in [0.5, 0.6) is 0 Å². The molecule has 0 aromatic rings. The summed E-state index contributed by atoms with van der Waals surface area (Å²) in [5.41, 5.74) is 6.09. The molecule has 1 aliphatic rings. The average Bonchev–Trinajstić information content (AvgIpc) is 2.77. The fraction of sp³-hybridized carbons (Fsp3) is 0.909. The Hall–Kier alpha value is -0.220. The molecule has 88 valence electrons. The van der Waals surface area contributed by atoms with Crippen molar-refractivity contribution in [2.75, 3.05) is 18.6 Å². The highest BCUT2D eigenvalue weighted by Gasteiger charge is 2.21. The van der Waals surface area contributed by atoms with Gasteiger partial charge in [-0.1, -0.05) is 12.8 Å². The van der Waals surface area contributed by atoms with Crippen molar-refractivity contribution in [3.8, 4) is 0 Å². The minimum Gasteiger partial charge on any atom is -0.469 e. The zero-order valence-corrected chi connectivity index (χ0v) is 10.2. The summed E-state index contributed by atoms with van der Waals surface area (Å²) >= 11 is 1.77. The van der Waals surface area contributed by atoms with Gasteiger partial charge in [0.05, 0.1) is 13.5 Å². The predicted molar refractivity (Wildman–Crippen MR) is 63.9 cm³/mol. The molecule has 1 fully saturated rings. The van der Waals surface area contributed by atoms with Crippen LogP contribution in [0.15, 0.2) is 0 Å². The number of rotatable bonds is 6. The van der Waals surface area contributed by atoms with Crippen LogP contribution in [0.25, 0.3) is 0 Å². The standard InChI is InChI=1S/C11H21NO2S/c1-14-11(13)6-7-15-8-10(12)9-4-2-3-5-9/h9-10H,2-8,12H2,1H3. The molecule has 0 heterocycles. The minimum atomic E-state index is -0.128. The molecule has 0 aromatic heterocycles. The van der Waals surface area contributed by atoms with Crippen LogP contribution in [0.3, 0.4) is 0 Å². The van der Waals surface area contributed by atoms with Crippen LogP contribution >= 0.6 is 11.8 Å². The molecule has 0 aromatic carbocycles. The first-order valence-electron chi connectivity index (χ1n) is 5.64. The van der Waals surface area contributed by atoms with Crippen molar-refractivity contribution < 1.29 is 9.53 Å². The Morgan fingerprint density at radius 3 is 2.80 bits per heavy atom.